The highest BCUT2D eigenvalue weighted by atomic mass is 35.5. The molecule has 0 aliphatic carbocycles. The number of halogens is 4. The van der Waals surface area contributed by atoms with E-state index in [2.05, 4.69) is 10.3 Å². The quantitative estimate of drug-likeness (QED) is 0.450. The van der Waals surface area contributed by atoms with Gasteiger partial charge in [-0.05, 0) is 56.2 Å². The minimum Gasteiger partial charge on any atom is -0.547 e. The van der Waals surface area contributed by atoms with Crippen LogP contribution >= 0.6 is 11.6 Å². The molecule has 0 saturated heterocycles. The predicted octanol–water partition coefficient (Wildman–Crippen LogP) is 1.84. The second-order valence-electron chi connectivity index (χ2n) is 7.81. The number of hydrogen-bond acceptors (Lipinski definition) is 8. The number of carboxylic acids is 2. The summed E-state index contributed by atoms with van der Waals surface area (Å²) in [7, 11) is 0. The fraction of sp³-hybridized carbons (Fsp3) is 0.417. The van der Waals surface area contributed by atoms with Gasteiger partial charge in [-0.1, -0.05) is 18.5 Å². The van der Waals surface area contributed by atoms with Crippen molar-refractivity contribution in [2.45, 2.75) is 58.5 Å². The van der Waals surface area contributed by atoms with Crippen molar-refractivity contribution in [3.05, 3.63) is 58.4 Å². The molecule has 9 nitrogen and oxygen atoms in total. The van der Waals surface area contributed by atoms with Crippen LogP contribution in [0.25, 0.3) is 0 Å². The molecule has 0 saturated carbocycles. The van der Waals surface area contributed by atoms with Crippen molar-refractivity contribution < 1.29 is 47.2 Å². The number of amides is 1. The summed E-state index contributed by atoms with van der Waals surface area (Å²) in [5.74, 6) is -4.01. The molecule has 1 amide bonds. The molecule has 1 atom stereocenters. The molecule has 13 heteroatoms. The molecule has 1 N–H and O–H groups in total. The van der Waals surface area contributed by atoms with Crippen LogP contribution in [0, 0.1) is 0 Å². The van der Waals surface area contributed by atoms with E-state index in [0.29, 0.717) is 28.6 Å². The average Bonchev–Trinajstić information content (AvgIpc) is 2.80. The summed E-state index contributed by atoms with van der Waals surface area (Å²) in [6, 6.07) is 8.35. The van der Waals surface area contributed by atoms with Crippen LogP contribution in [-0.2, 0) is 27.3 Å². The summed E-state index contributed by atoms with van der Waals surface area (Å²) < 4.78 is 42.4. The lowest BCUT2D eigenvalue weighted by atomic mass is 10.1. The van der Waals surface area contributed by atoms with Gasteiger partial charge in [-0.3, -0.25) is 9.78 Å². The second kappa shape index (κ2) is 15.0. The average molecular weight is 547 g/mol. The molecule has 0 bridgehead atoms. The van der Waals surface area contributed by atoms with E-state index in [0.717, 1.165) is 12.0 Å². The topological polar surface area (TPSA) is 141 Å². The molecule has 204 valence electrons. The van der Waals surface area contributed by atoms with Crippen molar-refractivity contribution >= 4 is 29.4 Å². The maximum absolute atomic E-state index is 12.5. The van der Waals surface area contributed by atoms with Gasteiger partial charge in [-0.25, -0.2) is 0 Å². The van der Waals surface area contributed by atoms with E-state index in [1.807, 2.05) is 6.92 Å². The Labute approximate surface area is 216 Å². The van der Waals surface area contributed by atoms with Gasteiger partial charge in [0.25, 0.3) is 5.91 Å². The minimum absolute atomic E-state index is 0.148. The monoisotopic (exact) mass is 546 g/mol. The zero-order valence-corrected chi connectivity index (χ0v) is 21.0. The largest absolute Gasteiger partial charge is 0.547 e. The molecule has 37 heavy (non-hydrogen) atoms. The van der Waals surface area contributed by atoms with Gasteiger partial charge in [0.2, 0.25) is 0 Å². The summed E-state index contributed by atoms with van der Waals surface area (Å²) in [5, 5.41) is 23.1. The number of aliphatic carboxylic acids is 2. The summed E-state index contributed by atoms with van der Waals surface area (Å²) in [6.45, 7) is 6.26. The van der Waals surface area contributed by atoms with E-state index >= 15 is 0 Å². The van der Waals surface area contributed by atoms with Gasteiger partial charge in [0.1, 0.15) is 17.8 Å². The number of alkyl halides is 3. The first-order valence-corrected chi connectivity index (χ1v) is 11.4. The maximum Gasteiger partial charge on any atom is 0.430 e. The van der Waals surface area contributed by atoms with E-state index in [9.17, 15) is 27.9 Å². The molecule has 0 fully saturated rings. The van der Waals surface area contributed by atoms with E-state index in [4.69, 9.17) is 31.0 Å². The third kappa shape index (κ3) is 11.9. The molecule has 1 heterocycles. The zero-order valence-electron chi connectivity index (χ0n) is 20.3. The molecule has 0 aliphatic rings. The van der Waals surface area contributed by atoms with E-state index < -0.39 is 24.2 Å². The van der Waals surface area contributed by atoms with Crippen LogP contribution in [0.3, 0.4) is 0 Å². The Morgan fingerprint density at radius 3 is 2.30 bits per heavy atom. The normalized spacial score (nSPS) is 11.8. The summed E-state index contributed by atoms with van der Waals surface area (Å²) >= 11 is 6.21. The van der Waals surface area contributed by atoms with Crippen LogP contribution in [0.5, 0.6) is 5.75 Å². The fourth-order valence-corrected chi connectivity index (χ4v) is 2.99. The molecule has 0 aliphatic heterocycles. The highest BCUT2D eigenvalue weighted by Crippen LogP contribution is 2.23. The first kappa shape index (κ1) is 31.6. The SMILES string of the molecule is CCCOc1ccc(C(=O)NCc2cc(CC(OC(C)C)C(=O)[O-])ccn2)c(Cl)c1.O=C([O-])C(F)(F)F. The third-order valence-corrected chi connectivity index (χ3v) is 4.63. The number of pyridine rings is 1. The van der Waals surface area contributed by atoms with Gasteiger partial charge in [-0.2, -0.15) is 13.2 Å². The molecule has 1 unspecified atom stereocenters. The number of nitrogens with one attached hydrogen (secondary N) is 1. The maximum atomic E-state index is 12.5. The van der Waals surface area contributed by atoms with Crippen molar-refractivity contribution in [3.8, 4) is 5.75 Å². The lowest BCUT2D eigenvalue weighted by molar-refractivity contribution is -0.344. The summed E-state index contributed by atoms with van der Waals surface area (Å²) in [6.07, 6.45) is -3.90. The van der Waals surface area contributed by atoms with Crippen molar-refractivity contribution in [3.63, 3.8) is 0 Å². The number of carbonyl (C=O) groups is 3. The number of rotatable bonds is 11. The number of hydrogen-bond donors (Lipinski definition) is 1. The van der Waals surface area contributed by atoms with Crippen molar-refractivity contribution in [1.29, 1.82) is 0 Å². The van der Waals surface area contributed by atoms with Gasteiger partial charge in [0.05, 0.1) is 41.5 Å². The highest BCUT2D eigenvalue weighted by Gasteiger charge is 2.28. The summed E-state index contributed by atoms with van der Waals surface area (Å²) in [4.78, 5) is 36.7. The molecule has 1 aromatic carbocycles. The van der Waals surface area contributed by atoms with Crippen LogP contribution in [-0.4, -0.2) is 47.8 Å². The third-order valence-electron chi connectivity index (χ3n) is 4.32. The number of carbonyl (C=O) groups excluding carboxylic acids is 3. The van der Waals surface area contributed by atoms with Gasteiger partial charge >= 0.3 is 6.18 Å². The Morgan fingerprint density at radius 2 is 1.78 bits per heavy atom. The van der Waals surface area contributed by atoms with Gasteiger partial charge < -0.3 is 34.6 Å². The number of carboxylic acid groups (broad SMARTS) is 2. The molecule has 2 aromatic rings. The van der Waals surface area contributed by atoms with E-state index in [-0.39, 0.29) is 25.0 Å². The van der Waals surface area contributed by atoms with Crippen molar-refractivity contribution in [1.82, 2.24) is 10.3 Å². The molecular weight excluding hydrogens is 521 g/mol. The van der Waals surface area contributed by atoms with Crippen molar-refractivity contribution in [2.24, 2.45) is 0 Å². The highest BCUT2D eigenvalue weighted by molar-refractivity contribution is 6.34. The van der Waals surface area contributed by atoms with Crippen LogP contribution in [0.2, 0.25) is 5.02 Å². The van der Waals surface area contributed by atoms with Gasteiger partial charge in [0.15, 0.2) is 0 Å². The Balaban J connectivity index is 0.000000856. The fourth-order valence-electron chi connectivity index (χ4n) is 2.74. The first-order chi connectivity index (χ1) is 17.2. The van der Waals surface area contributed by atoms with Crippen LogP contribution in [0.15, 0.2) is 36.5 Å². The Morgan fingerprint density at radius 1 is 1.14 bits per heavy atom. The standard InChI is InChI=1S/C22H27ClN2O5.C2HF3O2/c1-4-9-29-17-5-6-18(19(23)12-17)21(26)25-13-16-10-15(7-8-24-16)11-20(22(27)28)30-14(2)3;3-2(4,5)1(6)7/h5-8,10,12,14,20H,4,9,11,13H2,1-3H3,(H,25,26)(H,27,28);(H,6,7)/p-2. The molecule has 2 rings (SSSR count). The molecule has 0 radical (unpaired) electrons. The van der Waals surface area contributed by atoms with Gasteiger partial charge in [0, 0.05) is 12.6 Å². The second-order valence-corrected chi connectivity index (χ2v) is 8.22. The first-order valence-electron chi connectivity index (χ1n) is 11.0. The number of ether oxygens (including phenoxy) is 2. The number of nitrogens with zero attached hydrogens (tertiary/aromatic N) is 1. The van der Waals surface area contributed by atoms with E-state index in [1.54, 1.807) is 50.4 Å². The Hall–Kier alpha value is -3.38. The summed E-state index contributed by atoms with van der Waals surface area (Å²) in [5.41, 5.74) is 1.64. The van der Waals surface area contributed by atoms with Crippen LogP contribution in [0.4, 0.5) is 13.2 Å². The lowest BCUT2D eigenvalue weighted by Gasteiger charge is -2.21. The Kier molecular flexibility index (Phi) is 12.8. The van der Waals surface area contributed by atoms with Gasteiger partial charge in [-0.15, -0.1) is 0 Å². The minimum atomic E-state index is -5.19. The number of benzene rings is 1. The zero-order chi connectivity index (χ0) is 28.2. The molecular formula is C24H26ClF3N2O7-2. The molecule has 0 spiro atoms. The van der Waals surface area contributed by atoms with Crippen molar-refractivity contribution in [2.75, 3.05) is 6.61 Å². The Bertz CT molecular complexity index is 1060. The number of aromatic nitrogens is 1. The predicted molar refractivity (Wildman–Crippen MR) is 122 cm³/mol. The van der Waals surface area contributed by atoms with E-state index in [1.165, 1.54) is 0 Å². The van der Waals surface area contributed by atoms with Crippen LogP contribution < -0.4 is 20.3 Å². The molecule has 1 aromatic heterocycles. The smallest absolute Gasteiger partial charge is 0.430 e. The van der Waals surface area contributed by atoms with Crippen LogP contribution in [0.1, 0.15) is 48.8 Å². The lowest BCUT2D eigenvalue weighted by Crippen LogP contribution is -2.40.